The molecule has 4 rings (SSSR count). The topological polar surface area (TPSA) is 84.9 Å². The SMILES string of the molecule is COc1ccc(CCNS(=O)(=O)c2ccc3c(c2)C[C@H](C)N3C(=O)C2CC2)cc1OC. The van der Waals surface area contributed by atoms with Crippen molar-refractivity contribution in [3.8, 4) is 11.5 Å². The van der Waals surface area contributed by atoms with Crippen LogP contribution in [0.4, 0.5) is 5.69 Å². The van der Waals surface area contributed by atoms with Crippen molar-refractivity contribution in [1.29, 1.82) is 0 Å². The van der Waals surface area contributed by atoms with E-state index in [-0.39, 0.29) is 29.3 Å². The lowest BCUT2D eigenvalue weighted by molar-refractivity contribution is -0.120. The Kier molecular flexibility index (Phi) is 5.94. The molecule has 1 aliphatic carbocycles. The second kappa shape index (κ2) is 8.51. The first kappa shape index (κ1) is 21.6. The molecule has 0 aromatic heterocycles. The number of hydrogen-bond acceptors (Lipinski definition) is 5. The molecule has 1 aliphatic heterocycles. The first-order chi connectivity index (χ1) is 14.8. The van der Waals surface area contributed by atoms with Crippen molar-refractivity contribution < 1.29 is 22.7 Å². The predicted octanol–water partition coefficient (Wildman–Crippen LogP) is 2.91. The second-order valence-electron chi connectivity index (χ2n) is 8.16. The van der Waals surface area contributed by atoms with Crippen LogP contribution in [0.5, 0.6) is 11.5 Å². The third-order valence-corrected chi connectivity index (χ3v) is 7.35. The van der Waals surface area contributed by atoms with E-state index < -0.39 is 10.0 Å². The molecule has 0 spiro atoms. The first-order valence-electron chi connectivity index (χ1n) is 10.5. The molecule has 1 atom stereocenters. The van der Waals surface area contributed by atoms with Gasteiger partial charge in [-0.3, -0.25) is 4.79 Å². The number of anilines is 1. The smallest absolute Gasteiger partial charge is 0.240 e. The number of hydrogen-bond donors (Lipinski definition) is 1. The van der Waals surface area contributed by atoms with E-state index in [4.69, 9.17) is 9.47 Å². The normalized spacial score (nSPS) is 18.0. The molecule has 1 N–H and O–H groups in total. The van der Waals surface area contributed by atoms with Crippen LogP contribution in [0.1, 0.15) is 30.9 Å². The van der Waals surface area contributed by atoms with Gasteiger partial charge in [0.25, 0.3) is 0 Å². The zero-order chi connectivity index (χ0) is 22.2. The van der Waals surface area contributed by atoms with Crippen LogP contribution in [-0.2, 0) is 27.7 Å². The van der Waals surface area contributed by atoms with Gasteiger partial charge in [-0.05, 0) is 74.1 Å². The molecule has 0 bridgehead atoms. The van der Waals surface area contributed by atoms with E-state index in [1.54, 1.807) is 38.5 Å². The molecular weight excluding hydrogens is 416 g/mol. The number of nitrogens with one attached hydrogen (secondary N) is 1. The lowest BCUT2D eigenvalue weighted by Crippen LogP contribution is -2.36. The molecule has 1 amide bonds. The van der Waals surface area contributed by atoms with E-state index in [2.05, 4.69) is 4.72 Å². The van der Waals surface area contributed by atoms with Crippen LogP contribution in [-0.4, -0.2) is 41.1 Å². The number of sulfonamides is 1. The Labute approximate surface area is 183 Å². The molecule has 7 nitrogen and oxygen atoms in total. The van der Waals surface area contributed by atoms with Crippen molar-refractivity contribution in [3.63, 3.8) is 0 Å². The van der Waals surface area contributed by atoms with Crippen molar-refractivity contribution >= 4 is 21.6 Å². The fraction of sp³-hybridized carbons (Fsp3) is 0.435. The maximum Gasteiger partial charge on any atom is 0.240 e. The van der Waals surface area contributed by atoms with E-state index in [0.717, 1.165) is 29.7 Å². The van der Waals surface area contributed by atoms with E-state index >= 15 is 0 Å². The Morgan fingerprint density at radius 2 is 1.84 bits per heavy atom. The Bertz CT molecular complexity index is 1100. The third kappa shape index (κ3) is 4.41. The highest BCUT2D eigenvalue weighted by molar-refractivity contribution is 7.89. The van der Waals surface area contributed by atoms with Gasteiger partial charge in [0, 0.05) is 24.2 Å². The average molecular weight is 445 g/mol. The standard InChI is InChI=1S/C23H28N2O5S/c1-15-12-18-14-19(7-8-20(18)25(15)23(26)17-5-6-17)31(27,28)24-11-10-16-4-9-21(29-2)22(13-16)30-3/h4,7-9,13-15,17,24H,5-6,10-12H2,1-3H3/t15-/m0/s1. The summed E-state index contributed by atoms with van der Waals surface area (Å²) in [6.45, 7) is 2.27. The minimum absolute atomic E-state index is 0.0547. The molecular formula is C23H28N2O5S. The van der Waals surface area contributed by atoms with E-state index in [1.165, 1.54) is 0 Å². The number of benzene rings is 2. The first-order valence-corrected chi connectivity index (χ1v) is 12.0. The number of nitrogens with zero attached hydrogens (tertiary/aromatic N) is 1. The van der Waals surface area contributed by atoms with Gasteiger partial charge >= 0.3 is 0 Å². The highest BCUT2D eigenvalue weighted by atomic mass is 32.2. The Morgan fingerprint density at radius 3 is 2.52 bits per heavy atom. The summed E-state index contributed by atoms with van der Waals surface area (Å²) in [6.07, 6.45) is 3.09. The van der Waals surface area contributed by atoms with Crippen molar-refractivity contribution in [2.24, 2.45) is 5.92 Å². The minimum Gasteiger partial charge on any atom is -0.493 e. The average Bonchev–Trinajstić information content (AvgIpc) is 3.55. The summed E-state index contributed by atoms with van der Waals surface area (Å²) in [6, 6.07) is 10.6. The molecule has 8 heteroatoms. The van der Waals surface area contributed by atoms with Gasteiger partial charge in [0.15, 0.2) is 11.5 Å². The van der Waals surface area contributed by atoms with Crippen molar-refractivity contribution in [3.05, 3.63) is 47.5 Å². The van der Waals surface area contributed by atoms with Crippen LogP contribution in [0.3, 0.4) is 0 Å². The molecule has 0 radical (unpaired) electrons. The molecule has 166 valence electrons. The van der Waals surface area contributed by atoms with Crippen LogP contribution in [0.15, 0.2) is 41.3 Å². The van der Waals surface area contributed by atoms with Gasteiger partial charge in [0.1, 0.15) is 0 Å². The molecule has 2 aromatic carbocycles. The molecule has 2 aliphatic rings. The number of fused-ring (bicyclic) bond motifs is 1. The maximum atomic E-state index is 12.8. The van der Waals surface area contributed by atoms with Crippen molar-refractivity contribution in [2.45, 2.75) is 43.5 Å². The Hall–Kier alpha value is -2.58. The van der Waals surface area contributed by atoms with Crippen LogP contribution < -0.4 is 19.1 Å². The Balaban J connectivity index is 1.44. The molecule has 1 heterocycles. The second-order valence-corrected chi connectivity index (χ2v) is 9.93. The summed E-state index contributed by atoms with van der Waals surface area (Å²) in [7, 11) is -0.508. The summed E-state index contributed by atoms with van der Waals surface area (Å²) < 4.78 is 38.8. The summed E-state index contributed by atoms with van der Waals surface area (Å²) in [5.41, 5.74) is 2.69. The number of rotatable bonds is 8. The van der Waals surface area contributed by atoms with Crippen LogP contribution in [0.25, 0.3) is 0 Å². The number of amides is 1. The van der Waals surface area contributed by atoms with Crippen LogP contribution in [0.2, 0.25) is 0 Å². The fourth-order valence-electron chi connectivity index (χ4n) is 4.09. The minimum atomic E-state index is -3.65. The lowest BCUT2D eigenvalue weighted by atomic mass is 10.1. The predicted molar refractivity (Wildman–Crippen MR) is 118 cm³/mol. The van der Waals surface area contributed by atoms with Gasteiger partial charge in [-0.15, -0.1) is 0 Å². The quantitative estimate of drug-likeness (QED) is 0.677. The molecule has 0 unspecified atom stereocenters. The summed E-state index contributed by atoms with van der Waals surface area (Å²) in [4.78, 5) is 14.7. The zero-order valence-electron chi connectivity index (χ0n) is 18.1. The lowest BCUT2D eigenvalue weighted by Gasteiger charge is -2.22. The van der Waals surface area contributed by atoms with Crippen molar-refractivity contribution in [2.75, 3.05) is 25.7 Å². The van der Waals surface area contributed by atoms with E-state index in [9.17, 15) is 13.2 Å². The van der Waals surface area contributed by atoms with Gasteiger partial charge in [-0.2, -0.15) is 0 Å². The van der Waals surface area contributed by atoms with Crippen molar-refractivity contribution in [1.82, 2.24) is 4.72 Å². The highest BCUT2D eigenvalue weighted by Gasteiger charge is 2.39. The van der Waals surface area contributed by atoms with E-state index in [0.29, 0.717) is 24.3 Å². The fourth-order valence-corrected chi connectivity index (χ4v) is 5.17. The molecule has 1 fully saturated rings. The number of methoxy groups -OCH3 is 2. The van der Waals surface area contributed by atoms with Gasteiger partial charge in [0.2, 0.25) is 15.9 Å². The molecule has 31 heavy (non-hydrogen) atoms. The summed E-state index contributed by atoms with van der Waals surface area (Å²) in [5.74, 6) is 1.54. The van der Waals surface area contributed by atoms with E-state index in [1.807, 2.05) is 24.0 Å². The van der Waals surface area contributed by atoms with Gasteiger partial charge in [-0.25, -0.2) is 13.1 Å². The van der Waals surface area contributed by atoms with Gasteiger partial charge < -0.3 is 14.4 Å². The summed E-state index contributed by atoms with van der Waals surface area (Å²) >= 11 is 0. The largest absolute Gasteiger partial charge is 0.493 e. The number of carbonyl (C=O) groups is 1. The third-order valence-electron chi connectivity index (χ3n) is 5.89. The number of carbonyl (C=O) groups excluding carboxylic acids is 1. The van der Waals surface area contributed by atoms with Crippen LogP contribution >= 0.6 is 0 Å². The summed E-state index contributed by atoms with van der Waals surface area (Å²) in [5, 5.41) is 0. The maximum absolute atomic E-state index is 12.8. The van der Waals surface area contributed by atoms with Crippen LogP contribution in [0, 0.1) is 5.92 Å². The molecule has 2 aromatic rings. The number of ether oxygens (including phenoxy) is 2. The zero-order valence-corrected chi connectivity index (χ0v) is 18.9. The van der Waals surface area contributed by atoms with Gasteiger partial charge in [0.05, 0.1) is 19.1 Å². The van der Waals surface area contributed by atoms with Gasteiger partial charge in [-0.1, -0.05) is 6.07 Å². The molecule has 1 saturated carbocycles. The Morgan fingerprint density at radius 1 is 1.10 bits per heavy atom. The monoisotopic (exact) mass is 444 g/mol. The molecule has 0 saturated heterocycles. The highest BCUT2D eigenvalue weighted by Crippen LogP contribution is 2.39.